The maximum atomic E-state index is 13.9. The van der Waals surface area contributed by atoms with Gasteiger partial charge in [-0.05, 0) is 29.2 Å². The highest BCUT2D eigenvalue weighted by atomic mass is 19.1. The molecular weight excluding hydrogens is 287 g/mol. The first-order valence-electron chi connectivity index (χ1n) is 8.44. The first-order valence-corrected chi connectivity index (χ1v) is 8.44. The number of nitrogens with zero attached hydrogens (tertiary/aromatic N) is 2. The van der Waals surface area contributed by atoms with Gasteiger partial charge in [-0.15, -0.1) is 0 Å². The van der Waals surface area contributed by atoms with Crippen LogP contribution in [-0.4, -0.2) is 31.1 Å². The zero-order valence-electron chi connectivity index (χ0n) is 14.0. The number of halogens is 1. The first-order chi connectivity index (χ1) is 11.1. The molecule has 2 nitrogen and oxygen atoms in total. The van der Waals surface area contributed by atoms with Gasteiger partial charge in [0.05, 0.1) is 5.69 Å². The molecule has 0 aliphatic carbocycles. The average molecular weight is 312 g/mol. The number of rotatable bonds is 4. The van der Waals surface area contributed by atoms with E-state index in [1.54, 1.807) is 6.07 Å². The van der Waals surface area contributed by atoms with Crippen molar-refractivity contribution in [2.24, 2.45) is 0 Å². The summed E-state index contributed by atoms with van der Waals surface area (Å²) in [6, 6.07) is 16.0. The molecule has 0 unspecified atom stereocenters. The Balaban J connectivity index is 1.56. The van der Waals surface area contributed by atoms with Gasteiger partial charge >= 0.3 is 0 Å². The molecule has 122 valence electrons. The standard InChI is InChI=1S/C20H25FN2/c1-16(2)18-9-7-17(8-10-18)15-22-11-13-23(14-12-22)20-6-4-3-5-19(20)21/h3-10,16H,11-15H2,1-2H3. The Labute approximate surface area is 138 Å². The van der Waals surface area contributed by atoms with Crippen molar-refractivity contribution in [1.82, 2.24) is 4.90 Å². The maximum Gasteiger partial charge on any atom is 0.146 e. The minimum atomic E-state index is -0.120. The van der Waals surface area contributed by atoms with Gasteiger partial charge in [-0.3, -0.25) is 4.90 Å². The summed E-state index contributed by atoms with van der Waals surface area (Å²) in [4.78, 5) is 4.59. The van der Waals surface area contributed by atoms with Crippen molar-refractivity contribution in [3.8, 4) is 0 Å². The minimum Gasteiger partial charge on any atom is -0.367 e. The molecule has 1 saturated heterocycles. The SMILES string of the molecule is CC(C)c1ccc(CN2CCN(c3ccccc3F)CC2)cc1. The molecule has 0 bridgehead atoms. The van der Waals surface area contributed by atoms with Gasteiger partial charge < -0.3 is 4.90 Å². The van der Waals surface area contributed by atoms with Crippen LogP contribution in [0.25, 0.3) is 0 Å². The summed E-state index contributed by atoms with van der Waals surface area (Å²) < 4.78 is 13.9. The molecule has 0 amide bonds. The molecular formula is C20H25FN2. The number of hydrogen-bond donors (Lipinski definition) is 0. The predicted molar refractivity (Wildman–Crippen MR) is 94.4 cm³/mol. The van der Waals surface area contributed by atoms with Gasteiger partial charge in [0.1, 0.15) is 5.82 Å². The summed E-state index contributed by atoms with van der Waals surface area (Å²) in [6.45, 7) is 9.12. The number of hydrogen-bond acceptors (Lipinski definition) is 2. The average Bonchev–Trinajstić information content (AvgIpc) is 2.57. The number of anilines is 1. The molecule has 1 fully saturated rings. The molecule has 3 heteroatoms. The topological polar surface area (TPSA) is 6.48 Å². The third-order valence-corrected chi connectivity index (χ3v) is 4.62. The van der Waals surface area contributed by atoms with Gasteiger partial charge in [0.2, 0.25) is 0 Å². The Morgan fingerprint density at radius 1 is 0.913 bits per heavy atom. The highest BCUT2D eigenvalue weighted by Gasteiger charge is 2.19. The van der Waals surface area contributed by atoms with Crippen LogP contribution in [0, 0.1) is 5.82 Å². The van der Waals surface area contributed by atoms with E-state index in [9.17, 15) is 4.39 Å². The molecule has 0 aromatic heterocycles. The highest BCUT2D eigenvalue weighted by Crippen LogP contribution is 2.21. The third-order valence-electron chi connectivity index (χ3n) is 4.62. The zero-order chi connectivity index (χ0) is 16.2. The summed E-state index contributed by atoms with van der Waals surface area (Å²) in [6.07, 6.45) is 0. The normalized spacial score (nSPS) is 16.1. The van der Waals surface area contributed by atoms with Crippen molar-refractivity contribution < 1.29 is 4.39 Å². The van der Waals surface area contributed by atoms with Crippen molar-refractivity contribution in [3.63, 3.8) is 0 Å². The zero-order valence-corrected chi connectivity index (χ0v) is 14.0. The smallest absolute Gasteiger partial charge is 0.146 e. The van der Waals surface area contributed by atoms with Gasteiger partial charge in [0.15, 0.2) is 0 Å². The Bertz CT molecular complexity index is 628. The Hall–Kier alpha value is -1.87. The molecule has 1 aliphatic rings. The van der Waals surface area contributed by atoms with Gasteiger partial charge in [0.25, 0.3) is 0 Å². The lowest BCUT2D eigenvalue weighted by atomic mass is 10.0. The Morgan fingerprint density at radius 2 is 1.57 bits per heavy atom. The van der Waals surface area contributed by atoms with Gasteiger partial charge in [-0.25, -0.2) is 4.39 Å². The van der Waals surface area contributed by atoms with E-state index in [2.05, 4.69) is 47.9 Å². The Morgan fingerprint density at radius 3 is 2.17 bits per heavy atom. The quantitative estimate of drug-likeness (QED) is 0.832. The van der Waals surface area contributed by atoms with Gasteiger partial charge in [-0.1, -0.05) is 50.2 Å². The van der Waals surface area contributed by atoms with Crippen LogP contribution in [0.3, 0.4) is 0 Å². The van der Waals surface area contributed by atoms with Crippen molar-refractivity contribution >= 4 is 5.69 Å². The Kier molecular flexibility index (Phi) is 4.97. The van der Waals surface area contributed by atoms with Crippen LogP contribution >= 0.6 is 0 Å². The second-order valence-electron chi connectivity index (χ2n) is 6.61. The second-order valence-corrected chi connectivity index (χ2v) is 6.61. The number of piperazine rings is 1. The summed E-state index contributed by atoms with van der Waals surface area (Å²) in [7, 11) is 0. The summed E-state index contributed by atoms with van der Waals surface area (Å²) in [5.74, 6) is 0.457. The van der Waals surface area contributed by atoms with Crippen LogP contribution in [0.2, 0.25) is 0 Å². The first kappa shape index (κ1) is 16.0. The van der Waals surface area contributed by atoms with Crippen molar-refractivity contribution in [3.05, 3.63) is 65.5 Å². The molecule has 0 spiro atoms. The van der Waals surface area contributed by atoms with Crippen LogP contribution in [0.15, 0.2) is 48.5 Å². The number of para-hydroxylation sites is 1. The minimum absolute atomic E-state index is 0.120. The van der Waals surface area contributed by atoms with Crippen LogP contribution in [0.5, 0.6) is 0 Å². The van der Waals surface area contributed by atoms with Crippen LogP contribution < -0.4 is 4.90 Å². The predicted octanol–water partition coefficient (Wildman–Crippen LogP) is 4.27. The third kappa shape index (κ3) is 3.91. The van der Waals surface area contributed by atoms with E-state index in [1.807, 2.05) is 12.1 Å². The molecule has 3 rings (SSSR count). The fourth-order valence-electron chi connectivity index (χ4n) is 3.12. The van der Waals surface area contributed by atoms with Crippen molar-refractivity contribution in [2.75, 3.05) is 31.1 Å². The molecule has 0 atom stereocenters. The maximum absolute atomic E-state index is 13.9. The van der Waals surface area contributed by atoms with Crippen LogP contribution in [0.4, 0.5) is 10.1 Å². The summed E-state index contributed by atoms with van der Waals surface area (Å²) in [5.41, 5.74) is 3.47. The lowest BCUT2D eigenvalue weighted by molar-refractivity contribution is 0.249. The van der Waals surface area contributed by atoms with Gasteiger partial charge in [0, 0.05) is 32.7 Å². The molecule has 1 heterocycles. The fourth-order valence-corrected chi connectivity index (χ4v) is 3.12. The van der Waals surface area contributed by atoms with E-state index in [4.69, 9.17) is 0 Å². The summed E-state index contributed by atoms with van der Waals surface area (Å²) in [5, 5.41) is 0. The molecule has 2 aromatic carbocycles. The lowest BCUT2D eigenvalue weighted by Crippen LogP contribution is -2.46. The van der Waals surface area contributed by atoms with E-state index < -0.39 is 0 Å². The van der Waals surface area contributed by atoms with E-state index in [-0.39, 0.29) is 5.82 Å². The second kappa shape index (κ2) is 7.14. The van der Waals surface area contributed by atoms with Crippen LogP contribution in [0.1, 0.15) is 30.9 Å². The largest absolute Gasteiger partial charge is 0.367 e. The van der Waals surface area contributed by atoms with Crippen molar-refractivity contribution in [1.29, 1.82) is 0 Å². The van der Waals surface area contributed by atoms with Crippen molar-refractivity contribution in [2.45, 2.75) is 26.3 Å². The highest BCUT2D eigenvalue weighted by molar-refractivity contribution is 5.48. The van der Waals surface area contributed by atoms with E-state index in [1.165, 1.54) is 17.2 Å². The summed E-state index contributed by atoms with van der Waals surface area (Å²) >= 11 is 0. The molecule has 0 N–H and O–H groups in total. The van der Waals surface area contributed by atoms with E-state index in [0.717, 1.165) is 38.4 Å². The molecule has 0 radical (unpaired) electrons. The molecule has 1 aliphatic heterocycles. The monoisotopic (exact) mass is 312 g/mol. The lowest BCUT2D eigenvalue weighted by Gasteiger charge is -2.36. The fraction of sp³-hybridized carbons (Fsp3) is 0.400. The number of benzene rings is 2. The van der Waals surface area contributed by atoms with E-state index >= 15 is 0 Å². The molecule has 23 heavy (non-hydrogen) atoms. The molecule has 2 aromatic rings. The van der Waals surface area contributed by atoms with Crippen LogP contribution in [-0.2, 0) is 6.54 Å². The van der Waals surface area contributed by atoms with Gasteiger partial charge in [-0.2, -0.15) is 0 Å². The molecule has 0 saturated carbocycles. The van der Waals surface area contributed by atoms with E-state index in [0.29, 0.717) is 5.92 Å².